The number of carbonyl (C=O) groups excluding carboxylic acids is 1. The summed E-state index contributed by atoms with van der Waals surface area (Å²) in [7, 11) is 1.61. The first-order valence-electron chi connectivity index (χ1n) is 7.15. The van der Waals surface area contributed by atoms with Crippen LogP contribution in [0.15, 0.2) is 30.3 Å². The minimum Gasteiger partial charge on any atom is -0.497 e. The number of hydrogen-bond donors (Lipinski definition) is 1. The lowest BCUT2D eigenvalue weighted by Gasteiger charge is -2.24. The second kappa shape index (κ2) is 6.06. The van der Waals surface area contributed by atoms with Crippen LogP contribution < -0.4 is 4.74 Å². The Labute approximate surface area is 133 Å². The highest BCUT2D eigenvalue weighted by atomic mass is 32.1. The van der Waals surface area contributed by atoms with Gasteiger partial charge in [-0.1, -0.05) is 12.1 Å². The maximum atomic E-state index is 12.7. The predicted molar refractivity (Wildman–Crippen MR) is 84.2 cm³/mol. The van der Waals surface area contributed by atoms with Gasteiger partial charge in [0.2, 0.25) is 0 Å². The third-order valence-corrected chi connectivity index (χ3v) is 4.56. The number of likely N-dealkylation sites (tertiary alicyclic amines) is 1. The fourth-order valence-electron chi connectivity index (χ4n) is 2.82. The molecule has 6 heteroatoms. The molecule has 1 saturated heterocycles. The Morgan fingerprint density at radius 2 is 2.27 bits per heavy atom. The maximum Gasteiger partial charge on any atom is 0.274 e. The minimum atomic E-state index is -0.514. The number of aromatic nitrogens is 1. The molecule has 1 N–H and O–H groups in total. The maximum absolute atomic E-state index is 12.7. The van der Waals surface area contributed by atoms with Crippen LogP contribution in [0.3, 0.4) is 0 Å². The van der Waals surface area contributed by atoms with Crippen LogP contribution >= 0.6 is 11.5 Å². The van der Waals surface area contributed by atoms with E-state index < -0.39 is 6.10 Å². The van der Waals surface area contributed by atoms with E-state index in [-0.39, 0.29) is 11.9 Å². The smallest absolute Gasteiger partial charge is 0.274 e. The molecule has 2 aromatic rings. The van der Waals surface area contributed by atoms with Crippen LogP contribution in [0.25, 0.3) is 0 Å². The van der Waals surface area contributed by atoms with Gasteiger partial charge in [0.25, 0.3) is 5.91 Å². The molecule has 1 aromatic carbocycles. The zero-order chi connectivity index (χ0) is 15.7. The van der Waals surface area contributed by atoms with Crippen molar-refractivity contribution in [2.75, 3.05) is 13.7 Å². The lowest BCUT2D eigenvalue weighted by atomic mass is 10.0. The van der Waals surface area contributed by atoms with E-state index in [0.717, 1.165) is 16.2 Å². The number of aliphatic hydroxyl groups is 1. The van der Waals surface area contributed by atoms with Crippen LogP contribution in [0.5, 0.6) is 5.75 Å². The summed E-state index contributed by atoms with van der Waals surface area (Å²) < 4.78 is 9.44. The zero-order valence-electron chi connectivity index (χ0n) is 12.5. The molecular weight excluding hydrogens is 300 g/mol. The highest BCUT2D eigenvalue weighted by molar-refractivity contribution is 7.05. The first kappa shape index (κ1) is 15.0. The summed E-state index contributed by atoms with van der Waals surface area (Å²) in [5.41, 5.74) is 1.42. The summed E-state index contributed by atoms with van der Waals surface area (Å²) in [6.07, 6.45) is 0.0158. The third-order valence-electron chi connectivity index (χ3n) is 3.87. The molecule has 5 nitrogen and oxygen atoms in total. The van der Waals surface area contributed by atoms with Gasteiger partial charge in [0.1, 0.15) is 11.4 Å². The topological polar surface area (TPSA) is 62.7 Å². The van der Waals surface area contributed by atoms with Crippen molar-refractivity contribution < 1.29 is 14.6 Å². The summed E-state index contributed by atoms with van der Waals surface area (Å²) in [5, 5.41) is 10.0. The Balaban J connectivity index is 1.90. The van der Waals surface area contributed by atoms with E-state index in [1.807, 2.05) is 31.2 Å². The fourth-order valence-corrected chi connectivity index (χ4v) is 3.35. The van der Waals surface area contributed by atoms with E-state index in [1.165, 1.54) is 11.5 Å². The quantitative estimate of drug-likeness (QED) is 0.944. The second-order valence-corrected chi connectivity index (χ2v) is 6.47. The van der Waals surface area contributed by atoms with Crippen molar-refractivity contribution >= 4 is 17.4 Å². The van der Waals surface area contributed by atoms with Crippen LogP contribution in [0.2, 0.25) is 0 Å². The van der Waals surface area contributed by atoms with Crippen LogP contribution in [0.1, 0.15) is 33.4 Å². The van der Waals surface area contributed by atoms with E-state index >= 15 is 0 Å². The van der Waals surface area contributed by atoms with Gasteiger partial charge in [-0.2, -0.15) is 4.37 Å². The molecule has 0 radical (unpaired) electrons. The molecule has 1 amide bonds. The van der Waals surface area contributed by atoms with Crippen molar-refractivity contribution in [1.82, 2.24) is 9.27 Å². The molecular formula is C16H18N2O3S. The lowest BCUT2D eigenvalue weighted by molar-refractivity contribution is 0.0711. The van der Waals surface area contributed by atoms with Crippen molar-refractivity contribution in [3.63, 3.8) is 0 Å². The number of benzene rings is 1. The number of amides is 1. The van der Waals surface area contributed by atoms with Crippen molar-refractivity contribution in [3.05, 3.63) is 46.5 Å². The summed E-state index contributed by atoms with van der Waals surface area (Å²) in [6.45, 7) is 2.25. The molecule has 2 atom stereocenters. The van der Waals surface area contributed by atoms with Gasteiger partial charge >= 0.3 is 0 Å². The molecule has 1 aliphatic rings. The number of carbonyl (C=O) groups is 1. The summed E-state index contributed by atoms with van der Waals surface area (Å²) in [4.78, 5) is 15.4. The van der Waals surface area contributed by atoms with Gasteiger partial charge in [0.05, 0.1) is 19.3 Å². The molecule has 3 rings (SSSR count). The van der Waals surface area contributed by atoms with Gasteiger partial charge in [-0.25, -0.2) is 0 Å². The standard InChI is InChI=1S/C16H18N2O3S/c1-10-6-14(17-22-10)16(20)18-9-12(19)8-15(18)11-4-3-5-13(7-11)21-2/h3-7,12,15,19H,8-9H2,1-2H3. The Morgan fingerprint density at radius 3 is 2.95 bits per heavy atom. The van der Waals surface area contributed by atoms with Crippen LogP contribution in [-0.2, 0) is 0 Å². The molecule has 0 saturated carbocycles. The largest absolute Gasteiger partial charge is 0.497 e. The van der Waals surface area contributed by atoms with Gasteiger partial charge < -0.3 is 14.7 Å². The summed E-state index contributed by atoms with van der Waals surface area (Å²) in [5.74, 6) is 0.615. The van der Waals surface area contributed by atoms with Gasteiger partial charge in [-0.3, -0.25) is 4.79 Å². The Bertz CT molecular complexity index is 686. The normalized spacial score (nSPS) is 21.1. The monoisotopic (exact) mass is 318 g/mol. The molecule has 2 unspecified atom stereocenters. The Hall–Kier alpha value is -1.92. The Kier molecular flexibility index (Phi) is 4.13. The number of rotatable bonds is 3. The van der Waals surface area contributed by atoms with E-state index in [0.29, 0.717) is 18.7 Å². The van der Waals surface area contributed by atoms with Crippen LogP contribution in [0.4, 0.5) is 0 Å². The number of ether oxygens (including phenoxy) is 1. The average molecular weight is 318 g/mol. The number of β-amino-alcohol motifs (C(OH)–C–C–N with tert-alkyl or cyclic N) is 1. The third kappa shape index (κ3) is 2.84. The number of aryl methyl sites for hydroxylation is 1. The second-order valence-electron chi connectivity index (χ2n) is 5.46. The molecule has 0 spiro atoms. The summed E-state index contributed by atoms with van der Waals surface area (Å²) >= 11 is 1.32. The van der Waals surface area contributed by atoms with Crippen molar-refractivity contribution in [3.8, 4) is 5.75 Å². The molecule has 116 valence electrons. The molecule has 1 fully saturated rings. The number of methoxy groups -OCH3 is 1. The highest BCUT2D eigenvalue weighted by Gasteiger charge is 2.36. The Morgan fingerprint density at radius 1 is 1.45 bits per heavy atom. The SMILES string of the molecule is COc1cccc(C2CC(O)CN2C(=O)c2cc(C)sn2)c1. The van der Waals surface area contributed by atoms with E-state index in [4.69, 9.17) is 4.74 Å². The minimum absolute atomic E-state index is 0.131. The highest BCUT2D eigenvalue weighted by Crippen LogP contribution is 2.34. The fraction of sp³-hybridized carbons (Fsp3) is 0.375. The van der Waals surface area contributed by atoms with Gasteiger partial charge in [-0.05, 0) is 48.6 Å². The van der Waals surface area contributed by atoms with E-state index in [1.54, 1.807) is 18.1 Å². The number of aliphatic hydroxyl groups excluding tert-OH is 1. The molecule has 1 aromatic heterocycles. The van der Waals surface area contributed by atoms with Crippen LogP contribution in [-0.4, -0.2) is 40.0 Å². The van der Waals surface area contributed by atoms with Crippen LogP contribution in [0, 0.1) is 6.92 Å². The zero-order valence-corrected chi connectivity index (χ0v) is 13.3. The lowest BCUT2D eigenvalue weighted by Crippen LogP contribution is -2.32. The predicted octanol–water partition coefficient (Wildman–Crippen LogP) is 2.41. The molecule has 2 heterocycles. The summed E-state index contributed by atoms with van der Waals surface area (Å²) in [6, 6.07) is 9.27. The average Bonchev–Trinajstić information content (AvgIpc) is 3.12. The molecule has 1 aliphatic heterocycles. The van der Waals surface area contributed by atoms with E-state index in [9.17, 15) is 9.90 Å². The first-order chi connectivity index (χ1) is 10.6. The first-order valence-corrected chi connectivity index (χ1v) is 7.92. The van der Waals surface area contributed by atoms with Crippen molar-refractivity contribution in [1.29, 1.82) is 0 Å². The van der Waals surface area contributed by atoms with Gasteiger partial charge in [-0.15, -0.1) is 0 Å². The molecule has 0 aliphatic carbocycles. The van der Waals surface area contributed by atoms with E-state index in [2.05, 4.69) is 4.37 Å². The number of hydrogen-bond acceptors (Lipinski definition) is 5. The molecule has 0 bridgehead atoms. The van der Waals surface area contributed by atoms with Crippen molar-refractivity contribution in [2.24, 2.45) is 0 Å². The number of nitrogens with zero attached hydrogens (tertiary/aromatic N) is 2. The van der Waals surface area contributed by atoms with Gasteiger partial charge in [0.15, 0.2) is 0 Å². The van der Waals surface area contributed by atoms with Gasteiger partial charge in [0, 0.05) is 11.4 Å². The van der Waals surface area contributed by atoms with Crippen molar-refractivity contribution in [2.45, 2.75) is 25.5 Å². The molecule has 22 heavy (non-hydrogen) atoms.